The Morgan fingerprint density at radius 1 is 1.20 bits per heavy atom. The number of hydrogen-bond acceptors (Lipinski definition) is 5. The SMILES string of the molecule is Cc1ccc(C(=O)[C@@H]2[C@H](c3cccc([N+](=O)[O-])c3)NC(=O)N[C@@]2(O)C(F)(F)F)cc1. The minimum absolute atomic E-state index is 0.123. The van der Waals surface area contributed by atoms with Gasteiger partial charge in [-0.05, 0) is 12.5 Å². The lowest BCUT2D eigenvalue weighted by molar-refractivity contribution is -0.385. The number of hydrogen-bond donors (Lipinski definition) is 3. The molecule has 1 heterocycles. The summed E-state index contributed by atoms with van der Waals surface area (Å²) in [4.78, 5) is 35.3. The molecule has 3 rings (SSSR count). The van der Waals surface area contributed by atoms with Crippen LogP contribution in [0.5, 0.6) is 0 Å². The number of nitrogens with zero attached hydrogens (tertiary/aromatic N) is 1. The standard InChI is InChI=1S/C19H16F3N3O5/c1-10-5-7-11(8-6-10)16(26)14-15(12-3-2-4-13(9-12)25(29)30)23-17(27)24-18(14,28)19(20,21)22/h2-9,14-15,28H,1H3,(H2,23,24,27)/t14-,15-,18-/m0/s1. The van der Waals surface area contributed by atoms with Crippen molar-refractivity contribution in [2.75, 3.05) is 0 Å². The van der Waals surface area contributed by atoms with Gasteiger partial charge >= 0.3 is 12.2 Å². The Morgan fingerprint density at radius 2 is 1.83 bits per heavy atom. The Balaban J connectivity index is 2.18. The van der Waals surface area contributed by atoms with Crippen LogP contribution in [0.4, 0.5) is 23.7 Å². The zero-order valence-electron chi connectivity index (χ0n) is 15.4. The molecule has 2 amide bonds. The molecule has 0 aromatic heterocycles. The van der Waals surface area contributed by atoms with E-state index >= 15 is 0 Å². The third-order valence-electron chi connectivity index (χ3n) is 4.86. The summed E-state index contributed by atoms with van der Waals surface area (Å²) in [6, 6.07) is 7.07. The maximum absolute atomic E-state index is 13.8. The molecule has 0 bridgehead atoms. The lowest BCUT2D eigenvalue weighted by Crippen LogP contribution is -2.72. The van der Waals surface area contributed by atoms with E-state index in [1.807, 2.05) is 0 Å². The molecular formula is C19H16F3N3O5. The monoisotopic (exact) mass is 423 g/mol. The Hall–Kier alpha value is -3.47. The van der Waals surface area contributed by atoms with Crippen LogP contribution < -0.4 is 10.6 Å². The molecule has 0 spiro atoms. The second kappa shape index (κ2) is 7.41. The van der Waals surface area contributed by atoms with E-state index in [2.05, 4.69) is 5.32 Å². The summed E-state index contributed by atoms with van der Waals surface area (Å²) < 4.78 is 41.5. The van der Waals surface area contributed by atoms with Crippen LogP contribution in [0.2, 0.25) is 0 Å². The van der Waals surface area contributed by atoms with E-state index < -0.39 is 46.3 Å². The Morgan fingerprint density at radius 3 is 2.40 bits per heavy atom. The summed E-state index contributed by atoms with van der Waals surface area (Å²) in [5.74, 6) is -3.35. The first-order valence-corrected chi connectivity index (χ1v) is 8.67. The number of nitro groups is 1. The molecule has 1 fully saturated rings. The molecule has 1 aliphatic rings. The summed E-state index contributed by atoms with van der Waals surface area (Å²) in [7, 11) is 0. The fourth-order valence-corrected chi connectivity index (χ4v) is 3.35. The molecule has 3 atom stereocenters. The fraction of sp³-hybridized carbons (Fsp3) is 0.263. The highest BCUT2D eigenvalue weighted by molar-refractivity contribution is 6.00. The number of rotatable bonds is 4. The Labute approximate surface area is 167 Å². The van der Waals surface area contributed by atoms with Gasteiger partial charge in [-0.15, -0.1) is 0 Å². The molecule has 8 nitrogen and oxygen atoms in total. The van der Waals surface area contributed by atoms with Gasteiger partial charge in [0.25, 0.3) is 5.69 Å². The van der Waals surface area contributed by atoms with Crippen molar-refractivity contribution in [1.82, 2.24) is 10.6 Å². The van der Waals surface area contributed by atoms with Gasteiger partial charge in [-0.2, -0.15) is 13.2 Å². The second-order valence-electron chi connectivity index (χ2n) is 6.90. The van der Waals surface area contributed by atoms with E-state index in [1.165, 1.54) is 41.7 Å². The largest absolute Gasteiger partial charge is 0.437 e. The maximum Gasteiger partial charge on any atom is 0.437 e. The van der Waals surface area contributed by atoms with Crippen LogP contribution in [0, 0.1) is 23.0 Å². The highest BCUT2D eigenvalue weighted by Crippen LogP contribution is 2.44. The second-order valence-corrected chi connectivity index (χ2v) is 6.90. The van der Waals surface area contributed by atoms with E-state index in [-0.39, 0.29) is 11.1 Å². The minimum atomic E-state index is -5.41. The smallest absolute Gasteiger partial charge is 0.363 e. The third-order valence-corrected chi connectivity index (χ3v) is 4.86. The molecule has 1 saturated heterocycles. The van der Waals surface area contributed by atoms with Gasteiger partial charge in [0.2, 0.25) is 5.72 Å². The topological polar surface area (TPSA) is 122 Å². The van der Waals surface area contributed by atoms with Crippen LogP contribution >= 0.6 is 0 Å². The number of nitrogens with one attached hydrogen (secondary N) is 2. The average molecular weight is 423 g/mol. The number of carbonyl (C=O) groups excluding carboxylic acids is 2. The summed E-state index contributed by atoms with van der Waals surface area (Å²) in [5.41, 5.74) is -3.85. The first-order valence-electron chi connectivity index (χ1n) is 8.67. The molecule has 0 aliphatic carbocycles. The van der Waals surface area contributed by atoms with E-state index in [1.54, 1.807) is 6.92 Å². The molecule has 0 radical (unpaired) electrons. The van der Waals surface area contributed by atoms with Gasteiger partial charge in [-0.25, -0.2) is 4.79 Å². The summed E-state index contributed by atoms with van der Waals surface area (Å²) in [5, 5.41) is 25.1. The third kappa shape index (κ3) is 3.71. The highest BCUT2D eigenvalue weighted by Gasteiger charge is 2.66. The van der Waals surface area contributed by atoms with Gasteiger partial charge in [0, 0.05) is 17.7 Å². The van der Waals surface area contributed by atoms with Crippen LogP contribution in [-0.4, -0.2) is 33.7 Å². The number of amides is 2. The van der Waals surface area contributed by atoms with Gasteiger partial charge in [0.1, 0.15) is 5.92 Å². The van der Waals surface area contributed by atoms with Gasteiger partial charge in [0.15, 0.2) is 5.78 Å². The quantitative estimate of drug-likeness (QED) is 0.397. The molecule has 30 heavy (non-hydrogen) atoms. The van der Waals surface area contributed by atoms with Crippen LogP contribution in [-0.2, 0) is 0 Å². The van der Waals surface area contributed by atoms with E-state index in [0.29, 0.717) is 0 Å². The van der Waals surface area contributed by atoms with Crippen molar-refractivity contribution >= 4 is 17.5 Å². The van der Waals surface area contributed by atoms with E-state index in [4.69, 9.17) is 0 Å². The number of carbonyl (C=O) groups is 2. The molecular weight excluding hydrogens is 407 g/mol. The van der Waals surface area contributed by atoms with Crippen molar-refractivity contribution in [2.24, 2.45) is 5.92 Å². The van der Waals surface area contributed by atoms with E-state index in [0.717, 1.165) is 17.7 Å². The van der Waals surface area contributed by atoms with Crippen LogP contribution in [0.3, 0.4) is 0 Å². The lowest BCUT2D eigenvalue weighted by Gasteiger charge is -2.45. The molecule has 2 aromatic carbocycles. The number of aryl methyl sites for hydroxylation is 1. The fourth-order valence-electron chi connectivity index (χ4n) is 3.35. The minimum Gasteiger partial charge on any atom is -0.363 e. The van der Waals surface area contributed by atoms with Crippen LogP contribution in [0.15, 0.2) is 48.5 Å². The van der Waals surface area contributed by atoms with Crippen LogP contribution in [0.1, 0.15) is 27.5 Å². The Bertz CT molecular complexity index is 1010. The number of urea groups is 1. The summed E-state index contributed by atoms with van der Waals surface area (Å²) >= 11 is 0. The maximum atomic E-state index is 13.8. The van der Waals surface area contributed by atoms with Crippen molar-refractivity contribution < 1.29 is 32.8 Å². The van der Waals surface area contributed by atoms with Crippen molar-refractivity contribution in [3.8, 4) is 0 Å². The Kier molecular flexibility index (Phi) is 5.25. The number of halogens is 3. The molecule has 1 aliphatic heterocycles. The first kappa shape index (κ1) is 21.2. The number of alkyl halides is 3. The normalized spacial score (nSPS) is 24.0. The lowest BCUT2D eigenvalue weighted by atomic mass is 9.77. The molecule has 11 heteroatoms. The zero-order chi connectivity index (χ0) is 22.3. The predicted octanol–water partition coefficient (Wildman–Crippen LogP) is 3.01. The van der Waals surface area contributed by atoms with Crippen molar-refractivity contribution in [2.45, 2.75) is 24.9 Å². The number of nitro benzene ring substituents is 1. The molecule has 2 aromatic rings. The average Bonchev–Trinajstić information content (AvgIpc) is 2.66. The predicted molar refractivity (Wildman–Crippen MR) is 97.5 cm³/mol. The molecule has 158 valence electrons. The number of non-ortho nitro benzene ring substituents is 1. The van der Waals surface area contributed by atoms with Gasteiger partial charge in [-0.1, -0.05) is 42.0 Å². The molecule has 0 unspecified atom stereocenters. The van der Waals surface area contributed by atoms with Crippen molar-refractivity contribution in [3.63, 3.8) is 0 Å². The molecule has 0 saturated carbocycles. The number of benzene rings is 2. The van der Waals surface area contributed by atoms with Gasteiger partial charge in [0.05, 0.1) is 11.0 Å². The van der Waals surface area contributed by atoms with Gasteiger partial charge in [-0.3, -0.25) is 14.9 Å². The van der Waals surface area contributed by atoms with Gasteiger partial charge < -0.3 is 15.7 Å². The van der Waals surface area contributed by atoms with E-state index in [9.17, 15) is 38.0 Å². The van der Waals surface area contributed by atoms with Crippen molar-refractivity contribution in [1.29, 1.82) is 0 Å². The molecule has 3 N–H and O–H groups in total. The first-order chi connectivity index (χ1) is 13.9. The highest BCUT2D eigenvalue weighted by atomic mass is 19.4. The van der Waals surface area contributed by atoms with Crippen molar-refractivity contribution in [3.05, 3.63) is 75.3 Å². The number of ketones is 1. The summed E-state index contributed by atoms with van der Waals surface area (Å²) in [6.07, 6.45) is -5.41. The zero-order valence-corrected chi connectivity index (χ0v) is 15.4. The summed E-state index contributed by atoms with van der Waals surface area (Å²) in [6.45, 7) is 1.72. The number of aliphatic hydroxyl groups is 1. The number of Topliss-reactive ketones (excluding diaryl/α,β-unsaturated/α-hetero) is 1. The van der Waals surface area contributed by atoms with Crippen LogP contribution in [0.25, 0.3) is 0 Å².